The molecule has 0 amide bonds. The number of phenolic OH excluding ortho intramolecular Hbond substituents is 1. The molecule has 18 heavy (non-hydrogen) atoms. The van der Waals surface area contributed by atoms with Crippen LogP contribution in [-0.4, -0.2) is 16.2 Å². The van der Waals surface area contributed by atoms with Gasteiger partial charge >= 0.3 is 5.97 Å². The van der Waals surface area contributed by atoms with Crippen molar-refractivity contribution in [3.63, 3.8) is 0 Å². The van der Waals surface area contributed by atoms with Crippen LogP contribution in [0.5, 0.6) is 5.75 Å². The Morgan fingerprint density at radius 2 is 2.00 bits per heavy atom. The van der Waals surface area contributed by atoms with E-state index in [1.54, 1.807) is 6.07 Å². The first-order valence-electron chi connectivity index (χ1n) is 5.63. The molecule has 0 bridgehead atoms. The molecular weight excluding hydrogens is 298 g/mol. The maximum atomic E-state index is 10.7. The third-order valence-electron chi connectivity index (χ3n) is 2.71. The molecular formula is C13H18BrNO3. The smallest absolute Gasteiger partial charge is 0.305 e. The van der Waals surface area contributed by atoms with E-state index in [4.69, 9.17) is 10.8 Å². The number of halogens is 1. The molecule has 0 spiro atoms. The Morgan fingerprint density at radius 1 is 1.44 bits per heavy atom. The number of nitrogens with two attached hydrogens (primary N) is 1. The van der Waals surface area contributed by atoms with E-state index in [1.165, 1.54) is 0 Å². The molecule has 0 aliphatic heterocycles. The number of hydrogen-bond acceptors (Lipinski definition) is 3. The highest BCUT2D eigenvalue weighted by atomic mass is 79.9. The van der Waals surface area contributed by atoms with Crippen molar-refractivity contribution in [2.45, 2.75) is 38.6 Å². The van der Waals surface area contributed by atoms with Crippen molar-refractivity contribution < 1.29 is 15.0 Å². The summed E-state index contributed by atoms with van der Waals surface area (Å²) in [7, 11) is 0. The topological polar surface area (TPSA) is 83.6 Å². The summed E-state index contributed by atoms with van der Waals surface area (Å²) in [6, 6.07) is 2.77. The van der Waals surface area contributed by atoms with Crippen LogP contribution in [0.15, 0.2) is 16.6 Å². The third kappa shape index (κ3) is 3.46. The molecule has 0 saturated carbocycles. The van der Waals surface area contributed by atoms with Crippen LogP contribution in [0, 0.1) is 0 Å². The van der Waals surface area contributed by atoms with E-state index in [0.29, 0.717) is 5.56 Å². The Kier molecular flexibility index (Phi) is 4.40. The summed E-state index contributed by atoms with van der Waals surface area (Å²) < 4.78 is 0.779. The van der Waals surface area contributed by atoms with E-state index in [1.807, 2.05) is 26.8 Å². The van der Waals surface area contributed by atoms with Gasteiger partial charge in [-0.2, -0.15) is 0 Å². The average Bonchev–Trinajstić information content (AvgIpc) is 2.18. The molecule has 0 heterocycles. The predicted molar refractivity (Wildman–Crippen MR) is 73.7 cm³/mol. The van der Waals surface area contributed by atoms with Crippen molar-refractivity contribution in [3.05, 3.63) is 27.7 Å². The number of carbonyl (C=O) groups is 1. The van der Waals surface area contributed by atoms with Crippen LogP contribution in [0.4, 0.5) is 0 Å². The van der Waals surface area contributed by atoms with Crippen molar-refractivity contribution in [1.82, 2.24) is 0 Å². The quantitative estimate of drug-likeness (QED) is 0.800. The Hall–Kier alpha value is -1.07. The van der Waals surface area contributed by atoms with Crippen molar-refractivity contribution in [1.29, 1.82) is 0 Å². The van der Waals surface area contributed by atoms with Crippen molar-refractivity contribution in [3.8, 4) is 5.75 Å². The molecule has 4 N–H and O–H groups in total. The monoisotopic (exact) mass is 315 g/mol. The van der Waals surface area contributed by atoms with Gasteiger partial charge in [-0.15, -0.1) is 0 Å². The second-order valence-electron chi connectivity index (χ2n) is 5.35. The number of aliphatic carboxylic acids is 1. The summed E-state index contributed by atoms with van der Waals surface area (Å²) in [4.78, 5) is 10.7. The van der Waals surface area contributed by atoms with Crippen LogP contribution < -0.4 is 5.73 Å². The van der Waals surface area contributed by atoms with E-state index >= 15 is 0 Å². The molecule has 1 aromatic carbocycles. The first-order valence-corrected chi connectivity index (χ1v) is 6.42. The summed E-state index contributed by atoms with van der Waals surface area (Å²) in [6.45, 7) is 5.92. The van der Waals surface area contributed by atoms with Gasteiger partial charge in [0.1, 0.15) is 5.75 Å². The predicted octanol–water partition coefficient (Wildman–Crippen LogP) is 2.93. The molecule has 0 aliphatic rings. The summed E-state index contributed by atoms with van der Waals surface area (Å²) in [5.74, 6) is -0.904. The highest BCUT2D eigenvalue weighted by Crippen LogP contribution is 2.38. The van der Waals surface area contributed by atoms with E-state index in [2.05, 4.69) is 15.9 Å². The van der Waals surface area contributed by atoms with E-state index < -0.39 is 12.0 Å². The highest BCUT2D eigenvalue weighted by Gasteiger charge is 2.24. The normalized spacial score (nSPS) is 13.4. The zero-order valence-corrected chi connectivity index (χ0v) is 12.3. The van der Waals surface area contributed by atoms with E-state index in [-0.39, 0.29) is 17.6 Å². The maximum Gasteiger partial charge on any atom is 0.305 e. The lowest BCUT2D eigenvalue weighted by molar-refractivity contribution is -0.137. The van der Waals surface area contributed by atoms with Gasteiger partial charge < -0.3 is 15.9 Å². The van der Waals surface area contributed by atoms with Crippen molar-refractivity contribution >= 4 is 21.9 Å². The van der Waals surface area contributed by atoms with E-state index in [9.17, 15) is 9.90 Å². The van der Waals surface area contributed by atoms with Crippen LogP contribution >= 0.6 is 15.9 Å². The Balaban J connectivity index is 3.29. The third-order valence-corrected chi connectivity index (χ3v) is 3.16. The second-order valence-corrected chi connectivity index (χ2v) is 6.26. The standard InChI is InChI=1S/C13H18BrNO3/c1-13(2,3)9-5-7(14)4-8(12(9)18)10(15)6-11(16)17/h4-5,10,18H,6,15H2,1-3H3,(H,16,17). The van der Waals surface area contributed by atoms with Gasteiger partial charge in [-0.25, -0.2) is 0 Å². The minimum Gasteiger partial charge on any atom is -0.507 e. The van der Waals surface area contributed by atoms with E-state index in [0.717, 1.165) is 10.0 Å². The largest absolute Gasteiger partial charge is 0.507 e. The van der Waals surface area contributed by atoms with Gasteiger partial charge in [0.15, 0.2) is 0 Å². The number of benzene rings is 1. The van der Waals surface area contributed by atoms with Gasteiger partial charge in [0.05, 0.1) is 6.42 Å². The molecule has 100 valence electrons. The van der Waals surface area contributed by atoms with Gasteiger partial charge in [-0.05, 0) is 17.5 Å². The van der Waals surface area contributed by atoms with Gasteiger partial charge in [0.2, 0.25) is 0 Å². The van der Waals surface area contributed by atoms with Crippen LogP contribution in [0.3, 0.4) is 0 Å². The fourth-order valence-electron chi connectivity index (χ4n) is 1.77. The van der Waals surface area contributed by atoms with Crippen molar-refractivity contribution in [2.75, 3.05) is 0 Å². The lowest BCUT2D eigenvalue weighted by Crippen LogP contribution is -2.18. The molecule has 5 heteroatoms. The van der Waals surface area contributed by atoms with Gasteiger partial charge in [0.25, 0.3) is 0 Å². The van der Waals surface area contributed by atoms with Crippen LogP contribution in [0.25, 0.3) is 0 Å². The van der Waals surface area contributed by atoms with Gasteiger partial charge in [-0.1, -0.05) is 36.7 Å². The maximum absolute atomic E-state index is 10.7. The average molecular weight is 316 g/mol. The molecule has 4 nitrogen and oxygen atoms in total. The summed E-state index contributed by atoms with van der Waals surface area (Å²) in [6.07, 6.45) is -0.215. The molecule has 0 radical (unpaired) electrons. The molecule has 1 aromatic rings. The first kappa shape index (κ1) is 15.0. The molecule has 1 atom stereocenters. The number of phenols is 1. The molecule has 0 aliphatic carbocycles. The summed E-state index contributed by atoms with van der Waals surface area (Å²) in [5.41, 5.74) is 6.77. The zero-order chi connectivity index (χ0) is 14.1. The fourth-order valence-corrected chi connectivity index (χ4v) is 2.25. The number of aromatic hydroxyl groups is 1. The molecule has 1 rings (SSSR count). The minimum atomic E-state index is -0.987. The Bertz CT molecular complexity index is 466. The highest BCUT2D eigenvalue weighted by molar-refractivity contribution is 9.10. The molecule has 0 saturated heterocycles. The Morgan fingerprint density at radius 3 is 2.44 bits per heavy atom. The van der Waals surface area contributed by atoms with Crippen LogP contribution in [-0.2, 0) is 10.2 Å². The van der Waals surface area contributed by atoms with Crippen LogP contribution in [0.1, 0.15) is 44.4 Å². The molecule has 1 unspecified atom stereocenters. The second kappa shape index (κ2) is 5.28. The van der Waals surface area contributed by atoms with Gasteiger partial charge in [0, 0.05) is 21.6 Å². The minimum absolute atomic E-state index is 0.0828. The number of rotatable bonds is 3. The lowest BCUT2D eigenvalue weighted by Gasteiger charge is -2.24. The van der Waals surface area contributed by atoms with Crippen LogP contribution in [0.2, 0.25) is 0 Å². The summed E-state index contributed by atoms with van der Waals surface area (Å²) >= 11 is 3.36. The first-order chi connectivity index (χ1) is 8.12. The lowest BCUT2D eigenvalue weighted by atomic mass is 9.84. The van der Waals surface area contributed by atoms with Crippen molar-refractivity contribution in [2.24, 2.45) is 5.73 Å². The fraction of sp³-hybridized carbons (Fsp3) is 0.462. The number of carboxylic acids is 1. The Labute approximate surface area is 115 Å². The SMILES string of the molecule is CC(C)(C)c1cc(Br)cc(C(N)CC(=O)O)c1O. The summed E-state index contributed by atoms with van der Waals surface area (Å²) in [5, 5.41) is 19.0. The zero-order valence-electron chi connectivity index (χ0n) is 10.7. The van der Waals surface area contributed by atoms with Gasteiger partial charge in [-0.3, -0.25) is 4.79 Å². The molecule has 0 aromatic heterocycles. The number of carboxylic acid groups (broad SMARTS) is 1. The molecule has 0 fully saturated rings. The number of hydrogen-bond donors (Lipinski definition) is 3.